The fraction of sp³-hybridized carbons (Fsp3) is 0.333. The highest BCUT2D eigenvalue weighted by atomic mass is 16.4. The summed E-state index contributed by atoms with van der Waals surface area (Å²) in [5, 5.41) is 25.6. The monoisotopic (exact) mass is 200 g/mol. The predicted octanol–water partition coefficient (Wildman–Crippen LogP) is 0.409. The number of aliphatic hydroxyl groups is 1. The molecule has 3 N–H and O–H groups in total. The van der Waals surface area contributed by atoms with Crippen LogP contribution in [0.2, 0.25) is 0 Å². The van der Waals surface area contributed by atoms with E-state index in [2.05, 4.69) is 0 Å². The van der Waals surface area contributed by atoms with Crippen LogP contribution in [0, 0.1) is 0 Å². The highest BCUT2D eigenvalue weighted by Crippen LogP contribution is 1.99. The van der Waals surface area contributed by atoms with Gasteiger partial charge in [0.2, 0.25) is 0 Å². The number of rotatable bonds is 6. The standard InChI is InChI=1S/C9H12O5/c10-7(3-1-5-8(11)12)4-2-6-9(13)14/h1-2,5-7,10H,3-4H2,(H,11,12)(H,13,14). The van der Waals surface area contributed by atoms with Crippen LogP contribution < -0.4 is 0 Å². The first kappa shape index (κ1) is 12.4. The third kappa shape index (κ3) is 8.48. The normalized spacial score (nSPS) is 13.5. The van der Waals surface area contributed by atoms with Crippen LogP contribution in [0.15, 0.2) is 24.3 Å². The SMILES string of the molecule is O=C(O)C=CCC(O)CC=CC(=O)O. The van der Waals surface area contributed by atoms with E-state index in [9.17, 15) is 14.7 Å². The van der Waals surface area contributed by atoms with Crippen molar-refractivity contribution in [3.63, 3.8) is 0 Å². The fourth-order valence-corrected chi connectivity index (χ4v) is 0.748. The van der Waals surface area contributed by atoms with E-state index < -0.39 is 18.0 Å². The third-order valence-corrected chi connectivity index (χ3v) is 1.34. The summed E-state index contributed by atoms with van der Waals surface area (Å²) in [7, 11) is 0. The van der Waals surface area contributed by atoms with Gasteiger partial charge in [0.1, 0.15) is 0 Å². The van der Waals surface area contributed by atoms with Crippen molar-refractivity contribution in [3.8, 4) is 0 Å². The maximum Gasteiger partial charge on any atom is 0.327 e. The minimum absolute atomic E-state index is 0.191. The minimum atomic E-state index is -1.07. The first-order valence-corrected chi connectivity index (χ1v) is 3.99. The first-order chi connectivity index (χ1) is 6.52. The lowest BCUT2D eigenvalue weighted by molar-refractivity contribution is -0.132. The average molecular weight is 200 g/mol. The Morgan fingerprint density at radius 1 is 1.00 bits per heavy atom. The maximum absolute atomic E-state index is 10.0. The maximum atomic E-state index is 10.0. The number of aliphatic carboxylic acids is 2. The summed E-state index contributed by atoms with van der Waals surface area (Å²) in [4.78, 5) is 20.0. The van der Waals surface area contributed by atoms with E-state index in [4.69, 9.17) is 10.2 Å². The molecule has 0 rings (SSSR count). The topological polar surface area (TPSA) is 94.8 Å². The van der Waals surface area contributed by atoms with Crippen LogP contribution >= 0.6 is 0 Å². The molecule has 5 heteroatoms. The molecule has 0 aliphatic rings. The first-order valence-electron chi connectivity index (χ1n) is 3.99. The molecule has 5 nitrogen and oxygen atoms in total. The molecule has 78 valence electrons. The zero-order valence-corrected chi connectivity index (χ0v) is 7.46. The van der Waals surface area contributed by atoms with Gasteiger partial charge in [-0.05, 0) is 12.8 Å². The molecule has 0 aliphatic heterocycles. The summed E-state index contributed by atoms with van der Waals surface area (Å²) in [6.45, 7) is 0. The second-order valence-electron chi connectivity index (χ2n) is 2.61. The smallest absolute Gasteiger partial charge is 0.327 e. The second kappa shape index (κ2) is 6.85. The molecule has 0 saturated heterocycles. The van der Waals surface area contributed by atoms with Gasteiger partial charge in [-0.2, -0.15) is 0 Å². The lowest BCUT2D eigenvalue weighted by Gasteiger charge is -2.01. The number of carbonyl (C=O) groups is 2. The van der Waals surface area contributed by atoms with Crippen LogP contribution in [0.4, 0.5) is 0 Å². The number of hydrogen-bond acceptors (Lipinski definition) is 3. The average Bonchev–Trinajstić information content (AvgIpc) is 2.02. The summed E-state index contributed by atoms with van der Waals surface area (Å²) >= 11 is 0. The van der Waals surface area contributed by atoms with Gasteiger partial charge in [0.15, 0.2) is 0 Å². The van der Waals surface area contributed by atoms with Crippen molar-refractivity contribution in [2.75, 3.05) is 0 Å². The highest BCUT2D eigenvalue weighted by Gasteiger charge is 1.99. The molecule has 0 aliphatic carbocycles. The Balaban J connectivity index is 3.70. The van der Waals surface area contributed by atoms with Crippen LogP contribution in [0.5, 0.6) is 0 Å². The molecular weight excluding hydrogens is 188 g/mol. The zero-order chi connectivity index (χ0) is 11.0. The predicted molar refractivity (Wildman–Crippen MR) is 48.8 cm³/mol. The van der Waals surface area contributed by atoms with Crippen LogP contribution in [0.1, 0.15) is 12.8 Å². The van der Waals surface area contributed by atoms with Crippen LogP contribution in [0.25, 0.3) is 0 Å². The van der Waals surface area contributed by atoms with Gasteiger partial charge in [-0.25, -0.2) is 9.59 Å². The Hall–Kier alpha value is -1.62. The molecule has 0 aromatic heterocycles. The number of carboxylic acid groups (broad SMARTS) is 2. The summed E-state index contributed by atoms with van der Waals surface area (Å²) in [5.74, 6) is -2.14. The summed E-state index contributed by atoms with van der Waals surface area (Å²) in [5.41, 5.74) is 0. The van der Waals surface area contributed by atoms with E-state index >= 15 is 0 Å². The second-order valence-corrected chi connectivity index (χ2v) is 2.61. The lowest BCUT2D eigenvalue weighted by atomic mass is 10.1. The fourth-order valence-electron chi connectivity index (χ4n) is 0.748. The van der Waals surface area contributed by atoms with Gasteiger partial charge in [-0.15, -0.1) is 0 Å². The number of hydrogen-bond donors (Lipinski definition) is 3. The molecule has 14 heavy (non-hydrogen) atoms. The summed E-state index contributed by atoms with van der Waals surface area (Å²) in [6.07, 6.45) is 4.14. The number of carboxylic acids is 2. The summed E-state index contributed by atoms with van der Waals surface area (Å²) < 4.78 is 0. The van der Waals surface area contributed by atoms with Gasteiger partial charge in [0, 0.05) is 12.2 Å². The molecule has 0 aromatic carbocycles. The molecule has 0 radical (unpaired) electrons. The van der Waals surface area contributed by atoms with Crippen LogP contribution in [-0.4, -0.2) is 33.4 Å². The Bertz CT molecular complexity index is 228. The third-order valence-electron chi connectivity index (χ3n) is 1.34. The molecule has 0 heterocycles. The van der Waals surface area contributed by atoms with E-state index in [0.717, 1.165) is 12.2 Å². The van der Waals surface area contributed by atoms with Crippen molar-refractivity contribution in [2.24, 2.45) is 0 Å². The lowest BCUT2D eigenvalue weighted by Crippen LogP contribution is -2.03. The van der Waals surface area contributed by atoms with Gasteiger partial charge in [0.05, 0.1) is 6.10 Å². The van der Waals surface area contributed by atoms with Crippen molar-refractivity contribution in [3.05, 3.63) is 24.3 Å². The molecular formula is C9H12O5. The highest BCUT2D eigenvalue weighted by molar-refractivity contribution is 5.80. The molecule has 0 atom stereocenters. The Labute approximate surface area is 81.0 Å². The van der Waals surface area contributed by atoms with Gasteiger partial charge >= 0.3 is 11.9 Å². The quantitative estimate of drug-likeness (QED) is 0.540. The largest absolute Gasteiger partial charge is 0.478 e. The van der Waals surface area contributed by atoms with Crippen LogP contribution in [0.3, 0.4) is 0 Å². The zero-order valence-electron chi connectivity index (χ0n) is 7.46. The Kier molecular flexibility index (Phi) is 6.06. The van der Waals surface area contributed by atoms with E-state index in [-0.39, 0.29) is 12.8 Å². The summed E-state index contributed by atoms with van der Waals surface area (Å²) in [6, 6.07) is 0. The molecule has 0 amide bonds. The van der Waals surface area contributed by atoms with E-state index in [1.165, 1.54) is 12.2 Å². The molecule has 0 saturated carbocycles. The van der Waals surface area contributed by atoms with Gasteiger partial charge in [-0.1, -0.05) is 12.2 Å². The van der Waals surface area contributed by atoms with Gasteiger partial charge < -0.3 is 15.3 Å². The van der Waals surface area contributed by atoms with Crippen LogP contribution in [-0.2, 0) is 9.59 Å². The number of aliphatic hydroxyl groups excluding tert-OH is 1. The van der Waals surface area contributed by atoms with Crippen molar-refractivity contribution < 1.29 is 24.9 Å². The molecule has 0 fully saturated rings. The van der Waals surface area contributed by atoms with Crippen molar-refractivity contribution >= 4 is 11.9 Å². The molecule has 0 spiro atoms. The van der Waals surface area contributed by atoms with Gasteiger partial charge in [0.25, 0.3) is 0 Å². The Morgan fingerprint density at radius 2 is 1.36 bits per heavy atom. The van der Waals surface area contributed by atoms with E-state index in [1.54, 1.807) is 0 Å². The van der Waals surface area contributed by atoms with Crippen molar-refractivity contribution in [2.45, 2.75) is 18.9 Å². The minimum Gasteiger partial charge on any atom is -0.478 e. The van der Waals surface area contributed by atoms with Crippen molar-refractivity contribution in [1.82, 2.24) is 0 Å². The molecule has 0 bridgehead atoms. The van der Waals surface area contributed by atoms with E-state index in [1.807, 2.05) is 0 Å². The van der Waals surface area contributed by atoms with Crippen molar-refractivity contribution in [1.29, 1.82) is 0 Å². The molecule has 0 aromatic rings. The Morgan fingerprint density at radius 3 is 1.64 bits per heavy atom. The van der Waals surface area contributed by atoms with Gasteiger partial charge in [-0.3, -0.25) is 0 Å². The van der Waals surface area contributed by atoms with E-state index in [0.29, 0.717) is 0 Å². The molecule has 0 unspecified atom stereocenters.